The van der Waals surface area contributed by atoms with E-state index in [4.69, 9.17) is 5.73 Å². The smallest absolute Gasteiger partial charge is 0.0178 e. The van der Waals surface area contributed by atoms with Crippen LogP contribution in [0.15, 0.2) is 52.3 Å². The molecule has 2 aromatic carbocycles. The van der Waals surface area contributed by atoms with Crippen LogP contribution >= 0.6 is 11.8 Å². The van der Waals surface area contributed by atoms with Crippen LogP contribution in [0.25, 0.3) is 0 Å². The van der Waals surface area contributed by atoms with Crippen molar-refractivity contribution in [1.82, 2.24) is 0 Å². The molecular formula is C15H17NS. The van der Waals surface area contributed by atoms with Gasteiger partial charge in [-0.05, 0) is 43.2 Å². The Morgan fingerprint density at radius 3 is 2.29 bits per heavy atom. The molecule has 0 aromatic heterocycles. The first kappa shape index (κ1) is 12.2. The van der Waals surface area contributed by atoms with Gasteiger partial charge in [0.1, 0.15) is 0 Å². The second-order valence-electron chi connectivity index (χ2n) is 4.22. The molecule has 0 radical (unpaired) electrons. The maximum absolute atomic E-state index is 5.59. The molecule has 88 valence electrons. The van der Waals surface area contributed by atoms with Gasteiger partial charge >= 0.3 is 0 Å². The number of hydrogen-bond acceptors (Lipinski definition) is 2. The van der Waals surface area contributed by atoms with Crippen LogP contribution in [0.2, 0.25) is 0 Å². The third kappa shape index (κ3) is 3.11. The molecule has 0 aliphatic heterocycles. The molecule has 2 rings (SSSR count). The fourth-order valence-electron chi connectivity index (χ4n) is 1.73. The van der Waals surface area contributed by atoms with E-state index in [9.17, 15) is 0 Å². The molecule has 0 atom stereocenters. The van der Waals surface area contributed by atoms with Gasteiger partial charge in [0.05, 0.1) is 0 Å². The van der Waals surface area contributed by atoms with E-state index < -0.39 is 0 Å². The summed E-state index contributed by atoms with van der Waals surface area (Å²) in [6, 6.07) is 15.0. The Balaban J connectivity index is 2.19. The van der Waals surface area contributed by atoms with Gasteiger partial charge < -0.3 is 5.73 Å². The Bertz CT molecular complexity index is 503. The summed E-state index contributed by atoms with van der Waals surface area (Å²) in [7, 11) is 0. The summed E-state index contributed by atoms with van der Waals surface area (Å²) in [4.78, 5) is 2.57. The van der Waals surface area contributed by atoms with Crippen molar-refractivity contribution in [2.24, 2.45) is 5.73 Å². The first-order valence-corrected chi connectivity index (χ1v) is 6.55. The molecule has 0 heterocycles. The summed E-state index contributed by atoms with van der Waals surface area (Å²) in [5, 5.41) is 0. The van der Waals surface area contributed by atoms with E-state index in [1.165, 1.54) is 26.5 Å². The lowest BCUT2D eigenvalue weighted by molar-refractivity contribution is 1.07. The predicted molar refractivity (Wildman–Crippen MR) is 74.4 cm³/mol. The highest BCUT2D eigenvalue weighted by molar-refractivity contribution is 7.99. The van der Waals surface area contributed by atoms with Crippen molar-refractivity contribution >= 4 is 11.8 Å². The fourth-order valence-corrected chi connectivity index (χ4v) is 2.62. The Labute approximate surface area is 107 Å². The van der Waals surface area contributed by atoms with Crippen molar-refractivity contribution in [2.45, 2.75) is 30.2 Å². The van der Waals surface area contributed by atoms with Crippen molar-refractivity contribution in [3.05, 3.63) is 59.2 Å². The first-order chi connectivity index (χ1) is 8.19. The topological polar surface area (TPSA) is 26.0 Å². The molecule has 0 amide bonds. The van der Waals surface area contributed by atoms with E-state index in [-0.39, 0.29) is 0 Å². The van der Waals surface area contributed by atoms with E-state index >= 15 is 0 Å². The minimum absolute atomic E-state index is 0.606. The molecule has 0 unspecified atom stereocenters. The minimum atomic E-state index is 0.606. The summed E-state index contributed by atoms with van der Waals surface area (Å²) in [5.41, 5.74) is 9.40. The second kappa shape index (κ2) is 5.39. The van der Waals surface area contributed by atoms with Crippen molar-refractivity contribution in [1.29, 1.82) is 0 Å². The van der Waals surface area contributed by atoms with Gasteiger partial charge in [0.25, 0.3) is 0 Å². The summed E-state index contributed by atoms with van der Waals surface area (Å²) in [6.07, 6.45) is 0. The molecule has 2 aromatic rings. The zero-order valence-electron chi connectivity index (χ0n) is 10.2. The molecule has 2 heteroatoms. The molecule has 2 N–H and O–H groups in total. The highest BCUT2D eigenvalue weighted by Crippen LogP contribution is 2.30. The number of benzene rings is 2. The zero-order valence-corrected chi connectivity index (χ0v) is 11.1. The highest BCUT2D eigenvalue weighted by atomic mass is 32.2. The molecule has 0 bridgehead atoms. The van der Waals surface area contributed by atoms with Crippen LogP contribution in [-0.2, 0) is 6.54 Å². The van der Waals surface area contributed by atoms with Crippen LogP contribution in [0.3, 0.4) is 0 Å². The SMILES string of the molecule is Cc1ccc(Sc2ccc(CN)cc2)c(C)c1. The maximum atomic E-state index is 5.59. The van der Waals surface area contributed by atoms with E-state index in [0.717, 1.165) is 0 Å². The summed E-state index contributed by atoms with van der Waals surface area (Å²) < 4.78 is 0. The molecule has 0 saturated carbocycles. The summed E-state index contributed by atoms with van der Waals surface area (Å²) in [5.74, 6) is 0. The van der Waals surface area contributed by atoms with Crippen molar-refractivity contribution < 1.29 is 0 Å². The zero-order chi connectivity index (χ0) is 12.3. The molecule has 17 heavy (non-hydrogen) atoms. The van der Waals surface area contributed by atoms with Gasteiger partial charge in [-0.1, -0.05) is 41.6 Å². The van der Waals surface area contributed by atoms with Gasteiger partial charge in [-0.3, -0.25) is 0 Å². The lowest BCUT2D eigenvalue weighted by Gasteiger charge is -2.07. The Morgan fingerprint density at radius 1 is 1.00 bits per heavy atom. The largest absolute Gasteiger partial charge is 0.326 e. The highest BCUT2D eigenvalue weighted by Gasteiger charge is 2.01. The van der Waals surface area contributed by atoms with E-state index in [1.54, 1.807) is 11.8 Å². The predicted octanol–water partition coefficient (Wildman–Crippen LogP) is 3.91. The lowest BCUT2D eigenvalue weighted by atomic mass is 10.2. The van der Waals surface area contributed by atoms with E-state index in [1.807, 2.05) is 0 Å². The third-order valence-corrected chi connectivity index (χ3v) is 3.90. The van der Waals surface area contributed by atoms with Crippen molar-refractivity contribution in [3.8, 4) is 0 Å². The molecule has 0 aliphatic carbocycles. The number of hydrogen-bond donors (Lipinski definition) is 1. The molecule has 0 saturated heterocycles. The van der Waals surface area contributed by atoms with Gasteiger partial charge in [-0.15, -0.1) is 0 Å². The van der Waals surface area contributed by atoms with Gasteiger partial charge in [0.2, 0.25) is 0 Å². The van der Waals surface area contributed by atoms with Crippen LogP contribution in [0.5, 0.6) is 0 Å². The number of aryl methyl sites for hydroxylation is 2. The Kier molecular flexibility index (Phi) is 3.87. The molecule has 0 aliphatic rings. The summed E-state index contributed by atoms with van der Waals surface area (Å²) >= 11 is 1.80. The summed E-state index contributed by atoms with van der Waals surface area (Å²) in [6.45, 7) is 4.88. The monoisotopic (exact) mass is 243 g/mol. The van der Waals surface area contributed by atoms with Crippen LogP contribution in [0.4, 0.5) is 0 Å². The molecule has 0 spiro atoms. The lowest BCUT2D eigenvalue weighted by Crippen LogP contribution is -1.94. The molecular weight excluding hydrogens is 226 g/mol. The van der Waals surface area contributed by atoms with Gasteiger partial charge in [-0.2, -0.15) is 0 Å². The van der Waals surface area contributed by atoms with Gasteiger partial charge in [-0.25, -0.2) is 0 Å². The standard InChI is InChI=1S/C15H17NS/c1-11-3-8-15(12(2)9-11)17-14-6-4-13(10-16)5-7-14/h3-9H,10,16H2,1-2H3. The van der Waals surface area contributed by atoms with Crippen LogP contribution in [-0.4, -0.2) is 0 Å². The van der Waals surface area contributed by atoms with Gasteiger partial charge in [0, 0.05) is 16.3 Å². The molecule has 0 fully saturated rings. The van der Waals surface area contributed by atoms with Crippen LogP contribution < -0.4 is 5.73 Å². The first-order valence-electron chi connectivity index (χ1n) is 5.73. The van der Waals surface area contributed by atoms with Crippen molar-refractivity contribution in [3.63, 3.8) is 0 Å². The van der Waals surface area contributed by atoms with Crippen LogP contribution in [0, 0.1) is 13.8 Å². The minimum Gasteiger partial charge on any atom is -0.326 e. The van der Waals surface area contributed by atoms with Crippen LogP contribution in [0.1, 0.15) is 16.7 Å². The Morgan fingerprint density at radius 2 is 1.71 bits per heavy atom. The van der Waals surface area contributed by atoms with E-state index in [0.29, 0.717) is 6.54 Å². The Hall–Kier alpha value is -1.25. The number of nitrogens with two attached hydrogens (primary N) is 1. The second-order valence-corrected chi connectivity index (χ2v) is 5.33. The maximum Gasteiger partial charge on any atom is 0.0178 e. The quantitative estimate of drug-likeness (QED) is 0.884. The average Bonchev–Trinajstić information content (AvgIpc) is 2.34. The average molecular weight is 243 g/mol. The van der Waals surface area contributed by atoms with Crippen molar-refractivity contribution in [2.75, 3.05) is 0 Å². The normalized spacial score (nSPS) is 10.5. The van der Waals surface area contributed by atoms with Gasteiger partial charge in [0.15, 0.2) is 0 Å². The third-order valence-electron chi connectivity index (χ3n) is 2.72. The molecule has 1 nitrogen and oxygen atoms in total. The number of rotatable bonds is 3. The fraction of sp³-hybridized carbons (Fsp3) is 0.200. The van der Waals surface area contributed by atoms with E-state index in [2.05, 4.69) is 56.3 Å².